The molecule has 3 rings (SSSR count). The van der Waals surface area contributed by atoms with Gasteiger partial charge in [0.1, 0.15) is 5.82 Å². The van der Waals surface area contributed by atoms with Crippen LogP contribution in [0.2, 0.25) is 0 Å². The first-order valence-electron chi connectivity index (χ1n) is 7.23. The molecule has 0 bridgehead atoms. The molecule has 2 aromatic rings. The van der Waals surface area contributed by atoms with Crippen molar-refractivity contribution >= 4 is 5.91 Å². The highest BCUT2D eigenvalue weighted by molar-refractivity contribution is 5.95. The second-order valence-electron chi connectivity index (χ2n) is 5.49. The van der Waals surface area contributed by atoms with Crippen LogP contribution >= 0.6 is 0 Å². The molecule has 2 aromatic carbocycles. The van der Waals surface area contributed by atoms with Crippen LogP contribution in [0.25, 0.3) is 0 Å². The van der Waals surface area contributed by atoms with E-state index in [1.54, 1.807) is 35.2 Å². The highest BCUT2D eigenvalue weighted by Crippen LogP contribution is 2.30. The predicted molar refractivity (Wildman–Crippen MR) is 80.5 cm³/mol. The minimum atomic E-state index is -0.299. The van der Waals surface area contributed by atoms with Gasteiger partial charge in [0.25, 0.3) is 5.91 Å². The Hall–Kier alpha value is -2.67. The topological polar surface area (TPSA) is 44.1 Å². The Morgan fingerprint density at radius 1 is 1.23 bits per heavy atom. The van der Waals surface area contributed by atoms with Crippen molar-refractivity contribution < 1.29 is 9.18 Å². The second kappa shape index (κ2) is 5.98. The molecule has 4 heteroatoms. The van der Waals surface area contributed by atoms with Crippen LogP contribution in [0.4, 0.5) is 4.39 Å². The van der Waals surface area contributed by atoms with E-state index in [1.807, 2.05) is 12.1 Å². The molecule has 0 saturated heterocycles. The molecule has 110 valence electrons. The van der Waals surface area contributed by atoms with Crippen molar-refractivity contribution in [2.24, 2.45) is 0 Å². The molecule has 0 heterocycles. The Morgan fingerprint density at radius 3 is 2.68 bits per heavy atom. The van der Waals surface area contributed by atoms with Gasteiger partial charge in [0, 0.05) is 18.2 Å². The van der Waals surface area contributed by atoms with Crippen LogP contribution in [0, 0.1) is 17.1 Å². The van der Waals surface area contributed by atoms with E-state index in [0.29, 0.717) is 17.7 Å². The molecule has 0 N–H and O–H groups in total. The molecule has 1 amide bonds. The molecule has 1 aliphatic carbocycles. The Morgan fingerprint density at radius 2 is 2.00 bits per heavy atom. The van der Waals surface area contributed by atoms with E-state index in [2.05, 4.69) is 0 Å². The van der Waals surface area contributed by atoms with Gasteiger partial charge in [-0.05, 0) is 48.7 Å². The molecule has 3 nitrogen and oxygen atoms in total. The van der Waals surface area contributed by atoms with Crippen molar-refractivity contribution in [1.29, 1.82) is 5.26 Å². The summed E-state index contributed by atoms with van der Waals surface area (Å²) in [6, 6.07) is 15.3. The molecule has 0 spiro atoms. The molecule has 1 saturated carbocycles. The van der Waals surface area contributed by atoms with Crippen LogP contribution in [-0.2, 0) is 6.54 Å². The molecule has 0 radical (unpaired) electrons. The zero-order chi connectivity index (χ0) is 15.5. The van der Waals surface area contributed by atoms with Crippen LogP contribution in [-0.4, -0.2) is 16.8 Å². The van der Waals surface area contributed by atoms with E-state index in [4.69, 9.17) is 5.26 Å². The molecule has 1 fully saturated rings. The summed E-state index contributed by atoms with van der Waals surface area (Å²) in [5.74, 6) is -0.406. The van der Waals surface area contributed by atoms with Crippen LogP contribution in [0.3, 0.4) is 0 Å². The molecular weight excluding hydrogens is 279 g/mol. The minimum absolute atomic E-state index is 0.108. The summed E-state index contributed by atoms with van der Waals surface area (Å²) in [5, 5.41) is 8.95. The van der Waals surface area contributed by atoms with E-state index < -0.39 is 0 Å². The van der Waals surface area contributed by atoms with Crippen molar-refractivity contribution in [3.8, 4) is 6.07 Å². The third-order valence-electron chi connectivity index (χ3n) is 3.73. The predicted octanol–water partition coefficient (Wildman–Crippen LogP) is 3.50. The molecule has 1 aliphatic rings. The number of halogens is 1. The number of hydrogen-bond donors (Lipinski definition) is 0. The van der Waals surface area contributed by atoms with E-state index >= 15 is 0 Å². The zero-order valence-corrected chi connectivity index (χ0v) is 12.0. The van der Waals surface area contributed by atoms with Gasteiger partial charge in [-0.2, -0.15) is 5.26 Å². The van der Waals surface area contributed by atoms with E-state index in [1.165, 1.54) is 12.1 Å². The first-order chi connectivity index (χ1) is 10.7. The van der Waals surface area contributed by atoms with Crippen LogP contribution < -0.4 is 0 Å². The van der Waals surface area contributed by atoms with Gasteiger partial charge in [-0.3, -0.25) is 4.79 Å². The lowest BCUT2D eigenvalue weighted by atomic mass is 10.1. The quantitative estimate of drug-likeness (QED) is 0.866. The summed E-state index contributed by atoms with van der Waals surface area (Å²) in [4.78, 5) is 14.5. The van der Waals surface area contributed by atoms with Crippen LogP contribution in [0.1, 0.15) is 34.3 Å². The first kappa shape index (κ1) is 14.3. The second-order valence-corrected chi connectivity index (χ2v) is 5.49. The lowest BCUT2D eigenvalue weighted by Crippen LogP contribution is -2.32. The average molecular weight is 294 g/mol. The Balaban J connectivity index is 1.84. The minimum Gasteiger partial charge on any atom is -0.331 e. The maximum Gasteiger partial charge on any atom is 0.254 e. The van der Waals surface area contributed by atoms with Gasteiger partial charge in [-0.15, -0.1) is 0 Å². The van der Waals surface area contributed by atoms with Gasteiger partial charge in [-0.1, -0.05) is 18.2 Å². The first-order valence-corrected chi connectivity index (χ1v) is 7.23. The summed E-state index contributed by atoms with van der Waals surface area (Å²) in [5.41, 5.74) is 1.74. The van der Waals surface area contributed by atoms with Crippen molar-refractivity contribution in [2.75, 3.05) is 0 Å². The molecule has 0 aromatic heterocycles. The van der Waals surface area contributed by atoms with Crippen molar-refractivity contribution in [3.63, 3.8) is 0 Å². The van der Waals surface area contributed by atoms with Gasteiger partial charge in [0.2, 0.25) is 0 Å². The van der Waals surface area contributed by atoms with Gasteiger partial charge in [-0.25, -0.2) is 4.39 Å². The number of benzene rings is 2. The fourth-order valence-corrected chi connectivity index (χ4v) is 2.47. The van der Waals surface area contributed by atoms with E-state index in [0.717, 1.165) is 18.4 Å². The van der Waals surface area contributed by atoms with Gasteiger partial charge in [0.05, 0.1) is 11.6 Å². The normalized spacial score (nSPS) is 13.5. The van der Waals surface area contributed by atoms with Crippen LogP contribution in [0.15, 0.2) is 48.5 Å². The Kier molecular flexibility index (Phi) is 3.88. The third-order valence-corrected chi connectivity index (χ3v) is 3.73. The van der Waals surface area contributed by atoms with Gasteiger partial charge < -0.3 is 4.90 Å². The van der Waals surface area contributed by atoms with Crippen molar-refractivity contribution in [2.45, 2.75) is 25.4 Å². The third kappa shape index (κ3) is 3.15. The summed E-state index contributed by atoms with van der Waals surface area (Å²) in [6.45, 7) is 0.387. The monoisotopic (exact) mass is 294 g/mol. The lowest BCUT2D eigenvalue weighted by molar-refractivity contribution is 0.0729. The summed E-state index contributed by atoms with van der Waals surface area (Å²) in [7, 11) is 0. The molecule has 0 atom stereocenters. The highest BCUT2D eigenvalue weighted by Gasteiger charge is 2.33. The molecule has 0 unspecified atom stereocenters. The lowest BCUT2D eigenvalue weighted by Gasteiger charge is -2.23. The zero-order valence-electron chi connectivity index (χ0n) is 12.0. The van der Waals surface area contributed by atoms with Gasteiger partial charge >= 0.3 is 0 Å². The summed E-state index contributed by atoms with van der Waals surface area (Å²) < 4.78 is 13.3. The number of rotatable bonds is 4. The number of amides is 1. The Labute approximate surface area is 128 Å². The van der Waals surface area contributed by atoms with Crippen molar-refractivity contribution in [1.82, 2.24) is 4.90 Å². The van der Waals surface area contributed by atoms with Crippen molar-refractivity contribution in [3.05, 3.63) is 71.0 Å². The number of carbonyl (C=O) groups excluding carboxylic acids is 1. The average Bonchev–Trinajstić information content (AvgIpc) is 3.37. The maximum absolute atomic E-state index is 13.3. The molecule has 0 aliphatic heterocycles. The number of nitriles is 1. The smallest absolute Gasteiger partial charge is 0.254 e. The number of carbonyl (C=O) groups is 1. The fraction of sp³-hybridized carbons (Fsp3) is 0.222. The summed E-state index contributed by atoms with van der Waals surface area (Å²) >= 11 is 0. The highest BCUT2D eigenvalue weighted by atomic mass is 19.1. The summed E-state index contributed by atoms with van der Waals surface area (Å²) in [6.07, 6.45) is 1.94. The number of nitrogens with zero attached hydrogens (tertiary/aromatic N) is 2. The van der Waals surface area contributed by atoms with Gasteiger partial charge in [0.15, 0.2) is 0 Å². The maximum atomic E-state index is 13.3. The Bertz CT molecular complexity index is 747. The SMILES string of the molecule is N#Cc1cccc(C(=O)N(Cc2cccc(F)c2)C2CC2)c1. The molecule has 22 heavy (non-hydrogen) atoms. The standard InChI is InChI=1S/C18H15FN2O/c19-16-6-2-4-14(10-16)12-21(17-7-8-17)18(22)15-5-1-3-13(9-15)11-20/h1-6,9-10,17H,7-8,12H2. The van der Waals surface area contributed by atoms with E-state index in [9.17, 15) is 9.18 Å². The number of hydrogen-bond acceptors (Lipinski definition) is 2. The van der Waals surface area contributed by atoms with Crippen LogP contribution in [0.5, 0.6) is 0 Å². The van der Waals surface area contributed by atoms with E-state index in [-0.39, 0.29) is 17.8 Å². The fourth-order valence-electron chi connectivity index (χ4n) is 2.47. The molecular formula is C18H15FN2O. The largest absolute Gasteiger partial charge is 0.331 e.